The van der Waals surface area contributed by atoms with Crippen LogP contribution in [-0.4, -0.2) is 31.7 Å². The molecule has 3 aromatic rings. The molecule has 6 nitrogen and oxygen atoms in total. The number of benzene rings is 2. The number of hydrogen-bond donors (Lipinski definition) is 1. The van der Waals surface area contributed by atoms with Gasteiger partial charge in [0, 0.05) is 25.7 Å². The maximum absolute atomic E-state index is 11.3. The molecule has 0 saturated heterocycles. The number of hydrogen-bond acceptors (Lipinski definition) is 4. The van der Waals surface area contributed by atoms with Crippen LogP contribution in [0.1, 0.15) is 18.1 Å². The Labute approximate surface area is 163 Å². The molecule has 4 rings (SSSR count). The zero-order valence-electron chi connectivity index (χ0n) is 15.1. The van der Waals surface area contributed by atoms with Crippen molar-refractivity contribution in [1.29, 1.82) is 0 Å². The van der Waals surface area contributed by atoms with E-state index in [9.17, 15) is 4.79 Å². The fraction of sp³-hybridized carbons (Fsp3) is 0.250. The molecule has 0 fully saturated rings. The highest BCUT2D eigenvalue weighted by molar-refractivity contribution is 7.71. The molecule has 2 aromatic carbocycles. The van der Waals surface area contributed by atoms with E-state index in [2.05, 4.69) is 39.6 Å². The molecule has 1 aliphatic heterocycles. The molecular weight excluding hydrogens is 358 g/mol. The van der Waals surface area contributed by atoms with Crippen LogP contribution in [0.4, 0.5) is 5.69 Å². The summed E-state index contributed by atoms with van der Waals surface area (Å²) in [6.07, 6.45) is 2.77. The predicted octanol–water partition coefficient (Wildman–Crippen LogP) is 3.38. The van der Waals surface area contributed by atoms with Crippen molar-refractivity contribution in [2.75, 3.05) is 11.9 Å². The predicted molar refractivity (Wildman–Crippen MR) is 107 cm³/mol. The van der Waals surface area contributed by atoms with E-state index in [-0.39, 0.29) is 5.91 Å². The molecular formula is C20H21N5OS. The average Bonchev–Trinajstić information content (AvgIpc) is 3.02. The van der Waals surface area contributed by atoms with E-state index in [0.29, 0.717) is 11.4 Å². The Morgan fingerprint density at radius 3 is 2.81 bits per heavy atom. The molecule has 0 atom stereocenters. The summed E-state index contributed by atoms with van der Waals surface area (Å²) in [6, 6.07) is 16.2. The largest absolute Gasteiger partial charge is 0.326 e. The van der Waals surface area contributed by atoms with Gasteiger partial charge >= 0.3 is 0 Å². The van der Waals surface area contributed by atoms with Gasteiger partial charge in [-0.2, -0.15) is 5.10 Å². The van der Waals surface area contributed by atoms with Gasteiger partial charge in [0.25, 0.3) is 0 Å². The van der Waals surface area contributed by atoms with E-state index in [1.165, 1.54) is 18.1 Å². The number of nitrogens with zero attached hydrogens (tertiary/aromatic N) is 4. The summed E-state index contributed by atoms with van der Waals surface area (Å²) >= 11 is 5.63. The number of amides is 1. The van der Waals surface area contributed by atoms with E-state index in [1.54, 1.807) is 6.33 Å². The third-order valence-corrected chi connectivity index (χ3v) is 5.13. The summed E-state index contributed by atoms with van der Waals surface area (Å²) < 4.78 is 4.33. The third kappa shape index (κ3) is 3.84. The number of carbonyl (C=O) groups excluding carboxylic acids is 1. The van der Waals surface area contributed by atoms with Crippen LogP contribution in [0.2, 0.25) is 0 Å². The summed E-state index contributed by atoms with van der Waals surface area (Å²) in [4.78, 5) is 13.6. The number of carbonyl (C=O) groups is 1. The number of nitrogens with one attached hydrogen (secondary N) is 1. The Morgan fingerprint density at radius 1 is 1.19 bits per heavy atom. The molecule has 7 heteroatoms. The van der Waals surface area contributed by atoms with Gasteiger partial charge in [0.05, 0.1) is 12.4 Å². The van der Waals surface area contributed by atoms with Crippen molar-refractivity contribution in [2.24, 2.45) is 0 Å². The van der Waals surface area contributed by atoms with Gasteiger partial charge in [-0.25, -0.2) is 4.68 Å². The first-order chi connectivity index (χ1) is 13.1. The van der Waals surface area contributed by atoms with E-state index in [0.717, 1.165) is 30.9 Å². The van der Waals surface area contributed by atoms with Crippen LogP contribution >= 0.6 is 12.2 Å². The molecule has 1 N–H and O–H groups in total. The molecule has 0 bridgehead atoms. The Balaban J connectivity index is 1.53. The Morgan fingerprint density at radius 2 is 2.00 bits per heavy atom. The Hall–Kier alpha value is -2.77. The average molecular weight is 379 g/mol. The Kier molecular flexibility index (Phi) is 4.87. The molecule has 2 heterocycles. The van der Waals surface area contributed by atoms with Crippen molar-refractivity contribution >= 4 is 23.8 Å². The molecule has 1 amide bonds. The number of anilines is 1. The van der Waals surface area contributed by atoms with E-state index < -0.39 is 0 Å². The zero-order chi connectivity index (χ0) is 18.8. The van der Waals surface area contributed by atoms with Crippen LogP contribution < -0.4 is 5.32 Å². The first-order valence-corrected chi connectivity index (χ1v) is 9.32. The topological polar surface area (TPSA) is 55.1 Å². The SMILES string of the molecule is CC(=O)Nc1cccc(-n2cnn(CN3CCc4ccccc4C3)c2=S)c1. The van der Waals surface area contributed by atoms with Crippen LogP contribution in [0.15, 0.2) is 54.9 Å². The molecule has 0 spiro atoms. The van der Waals surface area contributed by atoms with E-state index in [4.69, 9.17) is 12.2 Å². The zero-order valence-corrected chi connectivity index (χ0v) is 15.9. The van der Waals surface area contributed by atoms with Gasteiger partial charge in [-0.3, -0.25) is 14.3 Å². The maximum Gasteiger partial charge on any atom is 0.221 e. The van der Waals surface area contributed by atoms with Crippen LogP contribution in [-0.2, 0) is 24.4 Å². The lowest BCUT2D eigenvalue weighted by molar-refractivity contribution is -0.114. The third-order valence-electron chi connectivity index (χ3n) is 4.72. The fourth-order valence-corrected chi connectivity index (χ4v) is 3.67. The lowest BCUT2D eigenvalue weighted by atomic mass is 10.0. The molecule has 1 aliphatic rings. The second kappa shape index (κ2) is 7.46. The van der Waals surface area contributed by atoms with Gasteiger partial charge in [0.15, 0.2) is 0 Å². The first kappa shape index (κ1) is 17.6. The van der Waals surface area contributed by atoms with Crippen molar-refractivity contribution in [3.05, 3.63) is 70.8 Å². The van der Waals surface area contributed by atoms with Gasteiger partial charge in [0.2, 0.25) is 10.7 Å². The fourth-order valence-electron chi connectivity index (χ4n) is 3.41. The summed E-state index contributed by atoms with van der Waals surface area (Å²) in [6.45, 7) is 4.05. The molecule has 0 saturated carbocycles. The molecule has 1 aromatic heterocycles. The molecule has 0 radical (unpaired) electrons. The smallest absolute Gasteiger partial charge is 0.221 e. The van der Waals surface area contributed by atoms with Crippen molar-refractivity contribution in [3.63, 3.8) is 0 Å². The van der Waals surface area contributed by atoms with Crippen LogP contribution in [0, 0.1) is 4.77 Å². The van der Waals surface area contributed by atoms with E-state index in [1.807, 2.05) is 33.5 Å². The van der Waals surface area contributed by atoms with Gasteiger partial charge in [0.1, 0.15) is 6.33 Å². The van der Waals surface area contributed by atoms with Crippen molar-refractivity contribution < 1.29 is 4.79 Å². The number of rotatable bonds is 4. The Bertz CT molecular complexity index is 1040. The summed E-state index contributed by atoms with van der Waals surface area (Å²) in [5, 5.41) is 7.27. The highest BCUT2D eigenvalue weighted by atomic mass is 32.1. The lowest BCUT2D eigenvalue weighted by Crippen LogP contribution is -2.32. The first-order valence-electron chi connectivity index (χ1n) is 8.92. The highest BCUT2D eigenvalue weighted by Crippen LogP contribution is 2.19. The second-order valence-corrected chi connectivity index (χ2v) is 7.09. The highest BCUT2D eigenvalue weighted by Gasteiger charge is 2.17. The summed E-state index contributed by atoms with van der Waals surface area (Å²) in [5.74, 6) is -0.100. The van der Waals surface area contributed by atoms with Crippen molar-refractivity contribution in [3.8, 4) is 5.69 Å². The van der Waals surface area contributed by atoms with Gasteiger partial charge in [-0.15, -0.1) is 0 Å². The minimum Gasteiger partial charge on any atom is -0.326 e. The maximum atomic E-state index is 11.3. The van der Waals surface area contributed by atoms with Crippen LogP contribution in [0.3, 0.4) is 0 Å². The summed E-state index contributed by atoms with van der Waals surface area (Å²) in [5.41, 5.74) is 4.42. The quantitative estimate of drug-likeness (QED) is 0.706. The minimum atomic E-state index is -0.100. The molecule has 0 aliphatic carbocycles. The normalized spacial score (nSPS) is 14.0. The molecule has 0 unspecified atom stereocenters. The van der Waals surface area contributed by atoms with Crippen LogP contribution in [0.25, 0.3) is 5.69 Å². The standard InChI is InChI=1S/C20H21N5OS/c1-15(26)22-18-7-4-8-19(11-18)24-13-21-25(20(24)27)14-23-10-9-16-5-2-3-6-17(16)12-23/h2-8,11,13H,9-10,12,14H2,1H3,(H,22,26). The molecule has 138 valence electrons. The van der Waals surface area contributed by atoms with E-state index >= 15 is 0 Å². The van der Waals surface area contributed by atoms with Crippen molar-refractivity contribution in [2.45, 2.75) is 26.6 Å². The second-order valence-electron chi connectivity index (χ2n) is 6.73. The van der Waals surface area contributed by atoms with Gasteiger partial charge in [-0.1, -0.05) is 30.3 Å². The van der Waals surface area contributed by atoms with Gasteiger partial charge < -0.3 is 5.32 Å². The summed E-state index contributed by atoms with van der Waals surface area (Å²) in [7, 11) is 0. The van der Waals surface area contributed by atoms with Crippen LogP contribution in [0.5, 0.6) is 0 Å². The minimum absolute atomic E-state index is 0.100. The van der Waals surface area contributed by atoms with Crippen molar-refractivity contribution in [1.82, 2.24) is 19.2 Å². The lowest BCUT2D eigenvalue weighted by Gasteiger charge is -2.28. The monoisotopic (exact) mass is 379 g/mol. The van der Waals surface area contributed by atoms with Gasteiger partial charge in [-0.05, 0) is 48.0 Å². The molecule has 27 heavy (non-hydrogen) atoms. The number of fused-ring (bicyclic) bond motifs is 1. The number of aromatic nitrogens is 3.